The molecule has 0 spiro atoms. The van der Waals surface area contributed by atoms with Gasteiger partial charge >= 0.3 is 0 Å². The summed E-state index contributed by atoms with van der Waals surface area (Å²) in [4.78, 5) is 16.6. The van der Waals surface area contributed by atoms with E-state index in [1.165, 1.54) is 0 Å². The fourth-order valence-corrected chi connectivity index (χ4v) is 2.61. The summed E-state index contributed by atoms with van der Waals surface area (Å²) < 4.78 is 2.03. The summed E-state index contributed by atoms with van der Waals surface area (Å²) in [6.45, 7) is 2.34. The van der Waals surface area contributed by atoms with Crippen LogP contribution in [0.4, 0.5) is 0 Å². The minimum atomic E-state index is -0.0780. The molecule has 2 heterocycles. The van der Waals surface area contributed by atoms with Crippen LogP contribution in [0.15, 0.2) is 60.4 Å². The number of halogens is 1. The second kappa shape index (κ2) is 7.32. The third-order valence-corrected chi connectivity index (χ3v) is 4.01. The topological polar surface area (TPSA) is 46.4 Å². The van der Waals surface area contributed by atoms with E-state index in [1.807, 2.05) is 65.3 Å². The first-order chi connectivity index (χ1) is 11.6. The van der Waals surface area contributed by atoms with Gasteiger partial charge in [-0.2, -0.15) is 0 Å². The van der Waals surface area contributed by atoms with Crippen molar-refractivity contribution in [3.63, 3.8) is 0 Å². The van der Waals surface area contributed by atoms with E-state index in [-0.39, 0.29) is 5.91 Å². The number of carbonyl (C=O) groups excluding carboxylic acids is 1. The number of carbonyl (C=O) groups is 1. The molecule has 0 aliphatic heterocycles. The zero-order valence-corrected chi connectivity index (χ0v) is 14.1. The van der Waals surface area contributed by atoms with Crippen LogP contribution in [0.3, 0.4) is 0 Å². The number of pyridine rings is 1. The first-order valence-corrected chi connectivity index (χ1v) is 8.14. The lowest BCUT2D eigenvalue weighted by Crippen LogP contribution is -2.26. The van der Waals surface area contributed by atoms with Crippen LogP contribution < -0.4 is 5.32 Å². The van der Waals surface area contributed by atoms with Gasteiger partial charge in [-0.3, -0.25) is 4.79 Å². The number of hydrogen-bond donors (Lipinski definition) is 1. The van der Waals surface area contributed by atoms with Crippen molar-refractivity contribution in [2.45, 2.75) is 13.3 Å². The summed E-state index contributed by atoms with van der Waals surface area (Å²) >= 11 is 5.86. The van der Waals surface area contributed by atoms with E-state index in [1.54, 1.807) is 6.92 Å². The number of nitrogens with one attached hydrogen (secondary N) is 1. The standard InChI is InChI=1S/C19H18ClN3O/c1-14(12-15-5-7-16(20)8-6-15)19(24)21-10-9-18-22-13-17-4-2-3-11-23(17)18/h2-8,11-13H,9-10H2,1H3,(H,21,24)/b14-12+. The van der Waals surface area contributed by atoms with Crippen LogP contribution in [0.5, 0.6) is 0 Å². The van der Waals surface area contributed by atoms with Gasteiger partial charge in [0.1, 0.15) is 5.82 Å². The lowest BCUT2D eigenvalue weighted by molar-refractivity contribution is -0.117. The number of hydrogen-bond acceptors (Lipinski definition) is 2. The van der Waals surface area contributed by atoms with E-state index in [2.05, 4.69) is 10.3 Å². The molecule has 1 N–H and O–H groups in total. The maximum atomic E-state index is 12.2. The monoisotopic (exact) mass is 339 g/mol. The molecule has 0 fully saturated rings. The first-order valence-electron chi connectivity index (χ1n) is 7.76. The highest BCUT2D eigenvalue weighted by molar-refractivity contribution is 6.30. The normalized spacial score (nSPS) is 11.7. The Morgan fingerprint density at radius 1 is 1.25 bits per heavy atom. The molecule has 0 radical (unpaired) electrons. The van der Waals surface area contributed by atoms with E-state index in [0.29, 0.717) is 23.6 Å². The lowest BCUT2D eigenvalue weighted by atomic mass is 10.1. The summed E-state index contributed by atoms with van der Waals surface area (Å²) in [7, 11) is 0. The Morgan fingerprint density at radius 3 is 2.83 bits per heavy atom. The zero-order valence-electron chi connectivity index (χ0n) is 13.4. The number of rotatable bonds is 5. The fraction of sp³-hybridized carbons (Fsp3) is 0.158. The Hall–Kier alpha value is -2.59. The van der Waals surface area contributed by atoms with Gasteiger partial charge in [0.15, 0.2) is 0 Å². The third-order valence-electron chi connectivity index (χ3n) is 3.76. The molecule has 1 amide bonds. The Kier molecular flexibility index (Phi) is 4.96. The summed E-state index contributed by atoms with van der Waals surface area (Å²) in [5, 5.41) is 3.61. The van der Waals surface area contributed by atoms with Gasteiger partial charge in [-0.1, -0.05) is 29.8 Å². The van der Waals surface area contributed by atoms with E-state index >= 15 is 0 Å². The molecule has 3 aromatic rings. The van der Waals surface area contributed by atoms with Crippen molar-refractivity contribution >= 4 is 29.1 Å². The van der Waals surface area contributed by atoms with Crippen LogP contribution in [-0.2, 0) is 11.2 Å². The highest BCUT2D eigenvalue weighted by Gasteiger charge is 2.06. The largest absolute Gasteiger partial charge is 0.352 e. The molecule has 24 heavy (non-hydrogen) atoms. The van der Waals surface area contributed by atoms with Gasteiger partial charge in [0.05, 0.1) is 11.7 Å². The first kappa shape index (κ1) is 16.3. The van der Waals surface area contributed by atoms with Crippen LogP contribution in [0.1, 0.15) is 18.3 Å². The van der Waals surface area contributed by atoms with Crippen LogP contribution in [0, 0.1) is 0 Å². The van der Waals surface area contributed by atoms with Crippen LogP contribution in [0.2, 0.25) is 5.02 Å². The molecule has 0 aliphatic rings. The molecule has 4 nitrogen and oxygen atoms in total. The van der Waals surface area contributed by atoms with Crippen molar-refractivity contribution in [2.75, 3.05) is 6.54 Å². The van der Waals surface area contributed by atoms with Crippen molar-refractivity contribution in [3.05, 3.63) is 76.8 Å². The quantitative estimate of drug-likeness (QED) is 0.720. The van der Waals surface area contributed by atoms with Gasteiger partial charge in [0, 0.05) is 29.8 Å². The Bertz CT molecular complexity index is 881. The second-order valence-electron chi connectivity index (χ2n) is 5.55. The summed E-state index contributed by atoms with van der Waals surface area (Å²) in [5.74, 6) is 0.857. The average Bonchev–Trinajstić information content (AvgIpc) is 3.00. The Labute approximate surface area is 145 Å². The fourth-order valence-electron chi connectivity index (χ4n) is 2.49. The van der Waals surface area contributed by atoms with Gasteiger partial charge < -0.3 is 9.72 Å². The molecule has 122 valence electrons. The van der Waals surface area contributed by atoms with Crippen LogP contribution in [0.25, 0.3) is 11.6 Å². The van der Waals surface area contributed by atoms with Crippen molar-refractivity contribution in [1.82, 2.24) is 14.7 Å². The third kappa shape index (κ3) is 3.84. The predicted octanol–water partition coefficient (Wildman–Crippen LogP) is 3.75. The predicted molar refractivity (Wildman–Crippen MR) is 97.0 cm³/mol. The van der Waals surface area contributed by atoms with Gasteiger partial charge in [0.2, 0.25) is 5.91 Å². The number of nitrogens with zero attached hydrogens (tertiary/aromatic N) is 2. The van der Waals surface area contributed by atoms with Gasteiger partial charge in [-0.15, -0.1) is 0 Å². The molecule has 3 rings (SSSR count). The van der Waals surface area contributed by atoms with Crippen molar-refractivity contribution in [1.29, 1.82) is 0 Å². The lowest BCUT2D eigenvalue weighted by Gasteiger charge is -2.06. The molecule has 0 unspecified atom stereocenters. The molecule has 0 saturated heterocycles. The number of fused-ring (bicyclic) bond motifs is 1. The molecule has 0 aliphatic carbocycles. The van der Waals surface area contributed by atoms with E-state index < -0.39 is 0 Å². The van der Waals surface area contributed by atoms with Crippen LogP contribution >= 0.6 is 11.6 Å². The Balaban J connectivity index is 1.58. The SMILES string of the molecule is C/C(=C\c1ccc(Cl)cc1)C(=O)NCCc1ncc2ccccn12. The highest BCUT2D eigenvalue weighted by Crippen LogP contribution is 2.12. The van der Waals surface area contributed by atoms with Crippen molar-refractivity contribution in [2.24, 2.45) is 0 Å². The van der Waals surface area contributed by atoms with Gasteiger partial charge in [0.25, 0.3) is 0 Å². The zero-order chi connectivity index (χ0) is 16.9. The molecule has 0 bridgehead atoms. The maximum Gasteiger partial charge on any atom is 0.246 e. The minimum Gasteiger partial charge on any atom is -0.352 e. The number of amides is 1. The van der Waals surface area contributed by atoms with E-state index in [9.17, 15) is 4.79 Å². The molecule has 0 saturated carbocycles. The molecule has 5 heteroatoms. The van der Waals surface area contributed by atoms with Crippen molar-refractivity contribution in [3.8, 4) is 0 Å². The number of imidazole rings is 1. The molecule has 0 atom stereocenters. The summed E-state index contributed by atoms with van der Waals surface area (Å²) in [5.41, 5.74) is 2.66. The Morgan fingerprint density at radius 2 is 2.04 bits per heavy atom. The average molecular weight is 340 g/mol. The molecule has 1 aromatic carbocycles. The number of aromatic nitrogens is 2. The van der Waals surface area contributed by atoms with Gasteiger partial charge in [-0.25, -0.2) is 4.98 Å². The number of benzene rings is 1. The minimum absolute atomic E-state index is 0.0780. The maximum absolute atomic E-state index is 12.2. The summed E-state index contributed by atoms with van der Waals surface area (Å²) in [6, 6.07) is 13.3. The smallest absolute Gasteiger partial charge is 0.246 e. The van der Waals surface area contributed by atoms with E-state index in [4.69, 9.17) is 11.6 Å². The molecular formula is C19H18ClN3O. The molecule has 2 aromatic heterocycles. The van der Waals surface area contributed by atoms with E-state index in [0.717, 1.165) is 16.9 Å². The highest BCUT2D eigenvalue weighted by atomic mass is 35.5. The van der Waals surface area contributed by atoms with Crippen molar-refractivity contribution < 1.29 is 4.79 Å². The second-order valence-corrected chi connectivity index (χ2v) is 5.99. The molecular weight excluding hydrogens is 322 g/mol. The summed E-state index contributed by atoms with van der Waals surface area (Å²) in [6.07, 6.45) is 6.34. The van der Waals surface area contributed by atoms with Gasteiger partial charge in [-0.05, 0) is 42.8 Å². The van der Waals surface area contributed by atoms with Crippen LogP contribution in [-0.4, -0.2) is 21.8 Å².